The maximum Gasteiger partial charge on any atom is 0.201 e. The average molecular weight is 300 g/mol. The predicted molar refractivity (Wildman–Crippen MR) is 74.0 cm³/mol. The fourth-order valence-corrected chi connectivity index (χ4v) is 3.24. The number of hydrogen-bond acceptors (Lipinski definition) is 6. The lowest BCUT2D eigenvalue weighted by Crippen LogP contribution is -2.24. The molecule has 3 rings (SSSR count). The summed E-state index contributed by atoms with van der Waals surface area (Å²) in [4.78, 5) is 1.02. The van der Waals surface area contributed by atoms with E-state index in [9.17, 15) is 0 Å². The second-order valence-electron chi connectivity index (χ2n) is 5.52. The van der Waals surface area contributed by atoms with Crippen LogP contribution < -0.4 is 4.74 Å². The molecule has 1 aromatic rings. The van der Waals surface area contributed by atoms with E-state index in [-0.39, 0.29) is 6.10 Å². The van der Waals surface area contributed by atoms with E-state index in [2.05, 4.69) is 0 Å². The number of hydrogen-bond donors (Lipinski definition) is 0. The highest BCUT2D eigenvalue weighted by Gasteiger charge is 2.35. The summed E-state index contributed by atoms with van der Waals surface area (Å²) in [5.74, 6) is -1.13. The Kier molecular flexibility index (Phi) is 3.77. The molecule has 0 aromatic carbocycles. The van der Waals surface area contributed by atoms with Gasteiger partial charge in [-0.3, -0.25) is 0 Å². The van der Waals surface area contributed by atoms with Gasteiger partial charge in [0.15, 0.2) is 10.9 Å². The molecule has 5 nitrogen and oxygen atoms in total. The van der Waals surface area contributed by atoms with Crippen LogP contribution in [0, 0.1) is 0 Å². The minimum absolute atomic E-state index is 0.0230. The zero-order chi connectivity index (χ0) is 14.2. The van der Waals surface area contributed by atoms with E-state index in [4.69, 9.17) is 23.7 Å². The summed E-state index contributed by atoms with van der Waals surface area (Å²) in [6.07, 6.45) is -0.0230. The molecule has 2 aliphatic rings. The highest BCUT2D eigenvalue weighted by Crippen LogP contribution is 2.38. The lowest BCUT2D eigenvalue weighted by Gasteiger charge is -2.20. The molecule has 0 saturated carbocycles. The fraction of sp³-hybridized carbons (Fsp3) is 0.714. The van der Waals surface area contributed by atoms with Crippen LogP contribution in [0.5, 0.6) is 5.06 Å². The Balaban J connectivity index is 1.55. The second-order valence-corrected chi connectivity index (χ2v) is 6.57. The van der Waals surface area contributed by atoms with Gasteiger partial charge in [-0.2, -0.15) is 0 Å². The Morgan fingerprint density at radius 1 is 1.20 bits per heavy atom. The van der Waals surface area contributed by atoms with E-state index >= 15 is 0 Å². The van der Waals surface area contributed by atoms with E-state index in [0.717, 1.165) is 9.94 Å². The molecule has 1 atom stereocenters. The van der Waals surface area contributed by atoms with Gasteiger partial charge < -0.3 is 23.7 Å². The van der Waals surface area contributed by atoms with Crippen molar-refractivity contribution in [3.8, 4) is 5.06 Å². The summed E-state index contributed by atoms with van der Waals surface area (Å²) in [7, 11) is 0. The van der Waals surface area contributed by atoms with Crippen LogP contribution in [0.1, 0.15) is 25.6 Å². The monoisotopic (exact) mass is 300 g/mol. The zero-order valence-corrected chi connectivity index (χ0v) is 12.8. The normalized spacial score (nSPS) is 27.9. The predicted octanol–water partition coefficient (Wildman–Crippen LogP) is 2.50. The van der Waals surface area contributed by atoms with Crippen molar-refractivity contribution in [2.45, 2.75) is 38.4 Å². The van der Waals surface area contributed by atoms with E-state index in [0.29, 0.717) is 26.4 Å². The molecule has 0 radical (unpaired) electrons. The van der Waals surface area contributed by atoms with Gasteiger partial charge in [0.25, 0.3) is 0 Å². The van der Waals surface area contributed by atoms with Crippen molar-refractivity contribution in [3.63, 3.8) is 0 Å². The fourth-order valence-electron chi connectivity index (χ4n) is 2.32. The van der Waals surface area contributed by atoms with Gasteiger partial charge in [-0.25, -0.2) is 0 Å². The van der Waals surface area contributed by atoms with Gasteiger partial charge in [-0.1, -0.05) is 11.3 Å². The molecule has 0 aliphatic carbocycles. The summed E-state index contributed by atoms with van der Waals surface area (Å²) in [5.41, 5.74) is 0. The van der Waals surface area contributed by atoms with E-state index in [1.807, 2.05) is 32.9 Å². The molecule has 1 aromatic heterocycles. The average Bonchev–Trinajstić information content (AvgIpc) is 3.07. The van der Waals surface area contributed by atoms with Gasteiger partial charge in [0, 0.05) is 0 Å². The van der Waals surface area contributed by atoms with Crippen LogP contribution in [0.2, 0.25) is 0 Å². The number of thiophene rings is 1. The van der Waals surface area contributed by atoms with Crippen molar-refractivity contribution < 1.29 is 23.7 Å². The van der Waals surface area contributed by atoms with Crippen molar-refractivity contribution in [2.75, 3.05) is 26.4 Å². The van der Waals surface area contributed by atoms with Gasteiger partial charge >= 0.3 is 0 Å². The van der Waals surface area contributed by atoms with Crippen LogP contribution in [0.3, 0.4) is 0 Å². The first-order valence-electron chi connectivity index (χ1n) is 6.80. The number of rotatable bonds is 4. The van der Waals surface area contributed by atoms with Gasteiger partial charge in [-0.05, 0) is 32.9 Å². The zero-order valence-electron chi connectivity index (χ0n) is 12.0. The van der Waals surface area contributed by atoms with Crippen LogP contribution in [-0.4, -0.2) is 38.3 Å². The Morgan fingerprint density at radius 3 is 2.60 bits per heavy atom. The van der Waals surface area contributed by atoms with Gasteiger partial charge in [0.1, 0.15) is 12.7 Å². The third-order valence-corrected chi connectivity index (χ3v) is 4.53. The Hall–Kier alpha value is -0.660. The molecular formula is C14H20O5S. The maximum atomic E-state index is 5.77. The first-order valence-corrected chi connectivity index (χ1v) is 7.61. The molecule has 3 heterocycles. The van der Waals surface area contributed by atoms with E-state index in [1.54, 1.807) is 11.3 Å². The summed E-state index contributed by atoms with van der Waals surface area (Å²) in [6.45, 7) is 8.07. The largest absolute Gasteiger partial charge is 0.481 e. The van der Waals surface area contributed by atoms with E-state index < -0.39 is 11.6 Å². The SMILES string of the molecule is CC1(C)OCC(COc2ccc(C3(C)OCCO3)s2)O1. The molecule has 112 valence electrons. The van der Waals surface area contributed by atoms with Gasteiger partial charge in [0.2, 0.25) is 5.79 Å². The molecular weight excluding hydrogens is 280 g/mol. The summed E-state index contributed by atoms with van der Waals surface area (Å²) in [6, 6.07) is 3.93. The molecule has 1 unspecified atom stereocenters. The van der Waals surface area contributed by atoms with Crippen LogP contribution >= 0.6 is 11.3 Å². The third-order valence-electron chi connectivity index (χ3n) is 3.35. The molecule has 0 N–H and O–H groups in total. The van der Waals surface area contributed by atoms with Gasteiger partial charge in [-0.15, -0.1) is 0 Å². The minimum atomic E-state index is -0.624. The maximum absolute atomic E-state index is 5.77. The first-order chi connectivity index (χ1) is 9.47. The highest BCUT2D eigenvalue weighted by atomic mass is 32.1. The summed E-state index contributed by atoms with van der Waals surface area (Å²) in [5, 5.41) is 0.841. The highest BCUT2D eigenvalue weighted by molar-refractivity contribution is 7.13. The van der Waals surface area contributed by atoms with Crippen molar-refractivity contribution in [3.05, 3.63) is 17.0 Å². The molecule has 2 fully saturated rings. The topological polar surface area (TPSA) is 46.2 Å². The van der Waals surface area contributed by atoms with Crippen LogP contribution in [0.25, 0.3) is 0 Å². The van der Waals surface area contributed by atoms with Crippen molar-refractivity contribution in [1.82, 2.24) is 0 Å². The lowest BCUT2D eigenvalue weighted by molar-refractivity contribution is -0.146. The molecule has 0 amide bonds. The van der Waals surface area contributed by atoms with Crippen LogP contribution in [0.15, 0.2) is 12.1 Å². The lowest BCUT2D eigenvalue weighted by atomic mass is 10.2. The molecule has 2 aliphatic heterocycles. The summed E-state index contributed by atoms with van der Waals surface area (Å²) < 4.78 is 28.2. The van der Waals surface area contributed by atoms with Crippen molar-refractivity contribution in [2.24, 2.45) is 0 Å². The summed E-state index contributed by atoms with van der Waals surface area (Å²) >= 11 is 1.54. The smallest absolute Gasteiger partial charge is 0.201 e. The second kappa shape index (κ2) is 5.27. The van der Waals surface area contributed by atoms with Crippen molar-refractivity contribution in [1.29, 1.82) is 0 Å². The standard InChI is InChI=1S/C14H20O5S/c1-13(2)18-9-10(19-13)8-15-12-5-4-11(20-12)14(3)16-6-7-17-14/h4-5,10H,6-9H2,1-3H3. The molecule has 2 saturated heterocycles. The van der Waals surface area contributed by atoms with Crippen LogP contribution in [0.4, 0.5) is 0 Å². The Bertz CT molecular complexity index is 464. The minimum Gasteiger partial charge on any atom is -0.481 e. The Labute approximate surface area is 122 Å². The third kappa shape index (κ3) is 2.99. The molecule has 0 spiro atoms. The quantitative estimate of drug-likeness (QED) is 0.855. The van der Waals surface area contributed by atoms with Crippen molar-refractivity contribution >= 4 is 11.3 Å². The molecule has 6 heteroatoms. The van der Waals surface area contributed by atoms with E-state index in [1.165, 1.54) is 0 Å². The van der Waals surface area contributed by atoms with Crippen LogP contribution in [-0.2, 0) is 24.7 Å². The first kappa shape index (κ1) is 14.3. The number of ether oxygens (including phenoxy) is 5. The molecule has 20 heavy (non-hydrogen) atoms. The molecule has 0 bridgehead atoms. The van der Waals surface area contributed by atoms with Gasteiger partial charge in [0.05, 0.1) is 24.7 Å². The Morgan fingerprint density at radius 2 is 1.95 bits per heavy atom.